The van der Waals surface area contributed by atoms with E-state index in [1.807, 2.05) is 6.07 Å². The Morgan fingerprint density at radius 3 is 2.79 bits per heavy atom. The number of fused-ring (bicyclic) bond motifs is 1. The first-order valence-electron chi connectivity index (χ1n) is 9.67. The van der Waals surface area contributed by atoms with Gasteiger partial charge in [-0.15, -0.1) is 0 Å². The van der Waals surface area contributed by atoms with E-state index in [2.05, 4.69) is 24.1 Å². The summed E-state index contributed by atoms with van der Waals surface area (Å²) in [5, 5.41) is 12.8. The topological polar surface area (TPSA) is 76.4 Å². The standard InChI is InChI=1S/C20H22ClN5O2S/c1-11(2)7-23-18(29)15-8-24-9-16-19(27)25(20(28)26(15,16)10-24)14-5-4-13(6-22)17(21)12(14)3/h4-5,11,15-16H,7-10H2,1-3H3/p+1. The van der Waals surface area contributed by atoms with Gasteiger partial charge in [-0.2, -0.15) is 10.2 Å². The molecule has 0 radical (unpaired) electrons. The summed E-state index contributed by atoms with van der Waals surface area (Å²) in [6.07, 6.45) is 0. The average molecular weight is 433 g/mol. The number of benzene rings is 1. The summed E-state index contributed by atoms with van der Waals surface area (Å²) >= 11 is 12.0. The maximum absolute atomic E-state index is 13.7. The molecule has 3 aliphatic heterocycles. The van der Waals surface area contributed by atoms with E-state index in [4.69, 9.17) is 23.8 Å². The lowest BCUT2D eigenvalue weighted by Gasteiger charge is -2.34. The number of carbonyl (C=O) groups excluding carboxylic acids is 2. The van der Waals surface area contributed by atoms with Crippen molar-refractivity contribution in [3.63, 3.8) is 0 Å². The van der Waals surface area contributed by atoms with Crippen molar-refractivity contribution < 1.29 is 14.1 Å². The molecular weight excluding hydrogens is 410 g/mol. The van der Waals surface area contributed by atoms with Crippen LogP contribution in [0.5, 0.6) is 0 Å². The number of rotatable bonds is 4. The zero-order valence-electron chi connectivity index (χ0n) is 16.6. The van der Waals surface area contributed by atoms with Crippen LogP contribution in [0.3, 0.4) is 0 Å². The van der Waals surface area contributed by atoms with E-state index in [-0.39, 0.29) is 27.5 Å². The summed E-state index contributed by atoms with van der Waals surface area (Å²) < 4.78 is 0.0276. The van der Waals surface area contributed by atoms with Crippen molar-refractivity contribution in [2.24, 2.45) is 5.92 Å². The molecule has 1 spiro atoms. The Balaban J connectivity index is 1.72. The van der Waals surface area contributed by atoms with Crippen molar-refractivity contribution in [2.45, 2.75) is 32.9 Å². The lowest BCUT2D eigenvalue weighted by atomic mass is 10.1. The van der Waals surface area contributed by atoms with E-state index in [0.29, 0.717) is 47.5 Å². The van der Waals surface area contributed by atoms with Gasteiger partial charge in [-0.1, -0.05) is 37.7 Å². The van der Waals surface area contributed by atoms with Crippen molar-refractivity contribution in [1.82, 2.24) is 10.2 Å². The quantitative estimate of drug-likeness (QED) is 0.447. The number of urea groups is 1. The van der Waals surface area contributed by atoms with Crippen LogP contribution >= 0.6 is 23.8 Å². The Morgan fingerprint density at radius 1 is 1.41 bits per heavy atom. The van der Waals surface area contributed by atoms with Gasteiger partial charge in [0.15, 0.2) is 12.1 Å². The maximum Gasteiger partial charge on any atom is 0.433 e. The van der Waals surface area contributed by atoms with Gasteiger partial charge in [0.2, 0.25) is 0 Å². The second kappa shape index (κ2) is 7.03. The number of thiocarbonyl (C=S) groups is 1. The van der Waals surface area contributed by atoms with Gasteiger partial charge < -0.3 is 5.32 Å². The van der Waals surface area contributed by atoms with Gasteiger partial charge in [0, 0.05) is 6.54 Å². The van der Waals surface area contributed by atoms with Gasteiger partial charge >= 0.3 is 6.03 Å². The van der Waals surface area contributed by atoms with Crippen molar-refractivity contribution >= 4 is 46.4 Å². The Hall–Kier alpha value is -2.05. The first-order valence-corrected chi connectivity index (χ1v) is 10.5. The molecule has 3 heterocycles. The molecule has 3 fully saturated rings. The lowest BCUT2D eigenvalue weighted by molar-refractivity contribution is -0.851. The molecule has 1 aromatic carbocycles. The molecule has 1 aromatic rings. The molecule has 0 saturated carbocycles. The molecule has 3 aliphatic rings. The molecule has 7 nitrogen and oxygen atoms in total. The minimum absolute atomic E-state index is 0.0276. The van der Waals surface area contributed by atoms with Crippen LogP contribution in [0.25, 0.3) is 0 Å². The van der Waals surface area contributed by atoms with Crippen LogP contribution in [0.4, 0.5) is 10.5 Å². The number of nitrogens with zero attached hydrogens (tertiary/aromatic N) is 4. The predicted molar refractivity (Wildman–Crippen MR) is 114 cm³/mol. The van der Waals surface area contributed by atoms with Crippen molar-refractivity contribution in [1.29, 1.82) is 5.26 Å². The van der Waals surface area contributed by atoms with Gasteiger partial charge in [0.1, 0.15) is 17.7 Å². The van der Waals surface area contributed by atoms with Gasteiger partial charge in [-0.05, 0) is 30.5 Å². The second-order valence-electron chi connectivity index (χ2n) is 8.42. The number of amides is 3. The molecule has 4 unspecified atom stereocenters. The molecule has 0 aliphatic carbocycles. The molecule has 9 heteroatoms. The monoisotopic (exact) mass is 432 g/mol. The number of piperazine rings is 1. The third-order valence-corrected chi connectivity index (χ3v) is 7.07. The third kappa shape index (κ3) is 2.80. The van der Waals surface area contributed by atoms with Crippen molar-refractivity contribution in [3.8, 4) is 6.07 Å². The number of imide groups is 1. The number of nitriles is 1. The Morgan fingerprint density at radius 2 is 2.14 bits per heavy atom. The van der Waals surface area contributed by atoms with E-state index < -0.39 is 6.04 Å². The number of halogens is 1. The number of anilines is 1. The third-order valence-electron chi connectivity index (χ3n) is 6.17. The minimum Gasteiger partial charge on any atom is -0.374 e. The van der Waals surface area contributed by atoms with E-state index in [1.165, 1.54) is 4.90 Å². The highest BCUT2D eigenvalue weighted by Crippen LogP contribution is 2.44. The predicted octanol–water partition coefficient (Wildman–Crippen LogP) is 2.40. The number of quaternary nitrogens is 1. The maximum atomic E-state index is 13.7. The van der Waals surface area contributed by atoms with Crippen LogP contribution < -0.4 is 10.2 Å². The molecule has 3 amide bonds. The van der Waals surface area contributed by atoms with Crippen LogP contribution in [0.15, 0.2) is 12.1 Å². The van der Waals surface area contributed by atoms with Gasteiger partial charge in [0.05, 0.1) is 29.4 Å². The van der Waals surface area contributed by atoms with E-state index >= 15 is 0 Å². The second-order valence-corrected chi connectivity index (χ2v) is 9.24. The van der Waals surface area contributed by atoms with Crippen molar-refractivity contribution in [2.75, 3.05) is 31.2 Å². The fourth-order valence-electron chi connectivity index (χ4n) is 4.69. The highest BCUT2D eigenvalue weighted by molar-refractivity contribution is 7.80. The van der Waals surface area contributed by atoms with Crippen molar-refractivity contribution in [3.05, 3.63) is 28.3 Å². The van der Waals surface area contributed by atoms with Crippen LogP contribution in [-0.2, 0) is 4.79 Å². The van der Waals surface area contributed by atoms with Crippen LogP contribution in [0.1, 0.15) is 25.0 Å². The fraction of sp³-hybridized carbons (Fsp3) is 0.500. The highest BCUT2D eigenvalue weighted by atomic mass is 35.5. The normalized spacial score (nSPS) is 30.1. The average Bonchev–Trinajstić information content (AvgIpc) is 3.31. The summed E-state index contributed by atoms with van der Waals surface area (Å²) in [5.74, 6) is 0.200. The molecule has 2 bridgehead atoms. The van der Waals surface area contributed by atoms with Crippen LogP contribution in [-0.4, -0.2) is 64.7 Å². The molecule has 29 heavy (non-hydrogen) atoms. The summed E-state index contributed by atoms with van der Waals surface area (Å²) in [6, 6.07) is 4.25. The molecular formula is C20H23ClN5O2S+. The smallest absolute Gasteiger partial charge is 0.374 e. The Kier molecular flexibility index (Phi) is 4.90. The van der Waals surface area contributed by atoms with E-state index in [1.54, 1.807) is 19.1 Å². The molecule has 3 saturated heterocycles. The van der Waals surface area contributed by atoms with E-state index in [0.717, 1.165) is 6.54 Å². The first kappa shape index (κ1) is 20.2. The minimum atomic E-state index is -0.464. The number of hydrogen-bond donors (Lipinski definition) is 1. The van der Waals surface area contributed by atoms with Gasteiger partial charge in [-0.25, -0.2) is 14.2 Å². The molecule has 4 atom stereocenters. The number of hydrogen-bond acceptors (Lipinski definition) is 5. The number of carbonyl (C=O) groups is 2. The zero-order chi connectivity index (χ0) is 21.1. The highest BCUT2D eigenvalue weighted by Gasteiger charge is 2.72. The molecule has 1 N–H and O–H groups in total. The summed E-state index contributed by atoms with van der Waals surface area (Å²) in [7, 11) is 0. The van der Waals surface area contributed by atoms with E-state index in [9.17, 15) is 14.9 Å². The zero-order valence-corrected chi connectivity index (χ0v) is 18.2. The number of nitrogens with one attached hydrogen (secondary N) is 1. The lowest BCUT2D eigenvalue weighted by Crippen LogP contribution is -2.64. The fourth-order valence-corrected chi connectivity index (χ4v) is 5.24. The summed E-state index contributed by atoms with van der Waals surface area (Å²) in [5.41, 5.74) is 1.33. The summed E-state index contributed by atoms with van der Waals surface area (Å²) in [6.45, 7) is 8.36. The first-order chi connectivity index (χ1) is 13.7. The van der Waals surface area contributed by atoms with Gasteiger partial charge in [-0.3, -0.25) is 4.79 Å². The molecule has 0 aromatic heterocycles. The molecule has 4 rings (SSSR count). The Bertz CT molecular complexity index is 974. The van der Waals surface area contributed by atoms with Crippen LogP contribution in [0, 0.1) is 24.2 Å². The summed E-state index contributed by atoms with van der Waals surface area (Å²) in [4.78, 5) is 31.1. The Labute approximate surface area is 180 Å². The van der Waals surface area contributed by atoms with Gasteiger partial charge in [0.25, 0.3) is 5.91 Å². The van der Waals surface area contributed by atoms with Crippen LogP contribution in [0.2, 0.25) is 5.02 Å². The SMILES string of the molecule is Cc1c(N2C(=O)C3CN4CC(C(=S)NCC(C)C)[N+]3(C4)C2=O)ccc(C#N)c1Cl. The largest absolute Gasteiger partial charge is 0.433 e. The molecule has 152 valence electrons.